The molecule has 0 spiro atoms. The fraction of sp³-hybridized carbons (Fsp3) is 0.182. The SMILES string of the molecule is [CH2]CNC(N)=NC(=O)OCc1ccccc1. The molecular formula is C11H14N3O2. The molecule has 0 heterocycles. The topological polar surface area (TPSA) is 76.7 Å². The summed E-state index contributed by atoms with van der Waals surface area (Å²) in [4.78, 5) is 14.6. The molecule has 0 aliphatic heterocycles. The summed E-state index contributed by atoms with van der Waals surface area (Å²) in [6, 6.07) is 9.33. The molecule has 0 saturated carbocycles. The molecule has 0 aromatic heterocycles. The van der Waals surface area contributed by atoms with Gasteiger partial charge in [-0.1, -0.05) is 30.3 Å². The lowest BCUT2D eigenvalue weighted by molar-refractivity contribution is 0.150. The lowest BCUT2D eigenvalue weighted by atomic mass is 10.2. The van der Waals surface area contributed by atoms with Crippen LogP contribution in [0.2, 0.25) is 0 Å². The van der Waals surface area contributed by atoms with E-state index >= 15 is 0 Å². The Kier molecular flexibility index (Phi) is 4.85. The average Bonchev–Trinajstić information content (AvgIpc) is 2.28. The van der Waals surface area contributed by atoms with E-state index in [1.165, 1.54) is 0 Å². The second kappa shape index (κ2) is 6.44. The third-order valence-electron chi connectivity index (χ3n) is 1.72. The number of carbonyl (C=O) groups is 1. The van der Waals surface area contributed by atoms with E-state index < -0.39 is 6.09 Å². The minimum atomic E-state index is -0.720. The summed E-state index contributed by atoms with van der Waals surface area (Å²) < 4.78 is 4.88. The van der Waals surface area contributed by atoms with E-state index in [2.05, 4.69) is 17.2 Å². The van der Waals surface area contributed by atoms with Gasteiger partial charge < -0.3 is 15.8 Å². The highest BCUT2D eigenvalue weighted by molar-refractivity contribution is 5.89. The van der Waals surface area contributed by atoms with Crippen molar-refractivity contribution in [2.45, 2.75) is 6.61 Å². The fourth-order valence-corrected chi connectivity index (χ4v) is 1.02. The van der Waals surface area contributed by atoms with Gasteiger partial charge >= 0.3 is 6.09 Å². The number of aliphatic imine (C=N–C) groups is 1. The first-order valence-electron chi connectivity index (χ1n) is 4.80. The first-order valence-corrected chi connectivity index (χ1v) is 4.80. The van der Waals surface area contributed by atoms with Crippen molar-refractivity contribution in [3.63, 3.8) is 0 Å². The molecule has 0 atom stereocenters. The molecule has 0 fully saturated rings. The van der Waals surface area contributed by atoms with E-state index in [-0.39, 0.29) is 12.6 Å². The smallest absolute Gasteiger partial charge is 0.437 e. The van der Waals surface area contributed by atoms with Crippen LogP contribution in [-0.2, 0) is 11.3 Å². The van der Waals surface area contributed by atoms with Crippen molar-refractivity contribution < 1.29 is 9.53 Å². The predicted octanol–water partition coefficient (Wildman–Crippen LogP) is 1.06. The quantitative estimate of drug-likeness (QED) is 0.590. The number of hydrogen-bond donors (Lipinski definition) is 2. The first kappa shape index (κ1) is 12.0. The van der Waals surface area contributed by atoms with Gasteiger partial charge in [0.2, 0.25) is 0 Å². The zero-order chi connectivity index (χ0) is 11.8. The summed E-state index contributed by atoms with van der Waals surface area (Å²) in [5.41, 5.74) is 6.25. The van der Waals surface area contributed by atoms with Crippen LogP contribution in [0.4, 0.5) is 4.79 Å². The molecule has 1 aromatic carbocycles. The molecule has 1 rings (SSSR count). The highest BCUT2D eigenvalue weighted by Crippen LogP contribution is 2.01. The van der Waals surface area contributed by atoms with Gasteiger partial charge in [-0.25, -0.2) is 4.79 Å². The number of ether oxygens (including phenoxy) is 1. The van der Waals surface area contributed by atoms with Gasteiger partial charge in [-0.2, -0.15) is 0 Å². The third kappa shape index (κ3) is 4.45. The Bertz CT molecular complexity index is 363. The maximum atomic E-state index is 11.2. The molecule has 0 saturated heterocycles. The molecule has 0 bridgehead atoms. The predicted molar refractivity (Wildman–Crippen MR) is 61.6 cm³/mol. The summed E-state index contributed by atoms with van der Waals surface area (Å²) in [5, 5.41) is 2.59. The zero-order valence-electron chi connectivity index (χ0n) is 8.85. The van der Waals surface area contributed by atoms with Crippen molar-refractivity contribution in [1.29, 1.82) is 0 Å². The summed E-state index contributed by atoms with van der Waals surface area (Å²) >= 11 is 0. The molecule has 0 aliphatic rings. The molecule has 0 unspecified atom stereocenters. The Morgan fingerprint density at radius 1 is 1.44 bits per heavy atom. The number of nitrogens with two attached hydrogens (primary N) is 1. The number of carbonyl (C=O) groups excluding carboxylic acids is 1. The number of hydrogen-bond acceptors (Lipinski definition) is 2. The van der Waals surface area contributed by atoms with Gasteiger partial charge in [0, 0.05) is 6.54 Å². The van der Waals surface area contributed by atoms with Crippen molar-refractivity contribution in [3.8, 4) is 0 Å². The zero-order valence-corrected chi connectivity index (χ0v) is 8.85. The summed E-state index contributed by atoms with van der Waals surface area (Å²) in [7, 11) is 0. The van der Waals surface area contributed by atoms with Crippen LogP contribution in [0, 0.1) is 6.92 Å². The number of rotatable bonds is 3. The summed E-state index contributed by atoms with van der Waals surface area (Å²) in [5.74, 6) is 0.00746. The standard InChI is InChI=1S/C11H14N3O2/c1-2-13-10(12)14-11(15)16-8-9-6-4-3-5-7-9/h3-7H,1-2,8H2,(H3,12,13,14,15). The van der Waals surface area contributed by atoms with Gasteiger partial charge in [0.1, 0.15) is 6.61 Å². The molecule has 5 heteroatoms. The normalized spacial score (nSPS) is 10.9. The van der Waals surface area contributed by atoms with E-state index in [1.807, 2.05) is 30.3 Å². The number of amides is 1. The number of guanidine groups is 1. The van der Waals surface area contributed by atoms with Crippen LogP contribution in [0.5, 0.6) is 0 Å². The van der Waals surface area contributed by atoms with Gasteiger partial charge in [-0.05, 0) is 12.5 Å². The molecule has 0 aliphatic carbocycles. The second-order valence-electron chi connectivity index (χ2n) is 2.96. The summed E-state index contributed by atoms with van der Waals surface area (Å²) in [6.07, 6.45) is -0.720. The van der Waals surface area contributed by atoms with Gasteiger partial charge in [0.15, 0.2) is 5.96 Å². The number of nitrogens with zero attached hydrogens (tertiary/aromatic N) is 1. The average molecular weight is 220 g/mol. The molecule has 1 radical (unpaired) electrons. The van der Waals surface area contributed by atoms with E-state index in [0.717, 1.165) is 5.56 Å². The Morgan fingerprint density at radius 2 is 2.12 bits per heavy atom. The molecule has 1 aromatic rings. The van der Waals surface area contributed by atoms with Crippen LogP contribution in [0.25, 0.3) is 0 Å². The Labute approximate surface area is 94.3 Å². The Morgan fingerprint density at radius 3 is 2.75 bits per heavy atom. The van der Waals surface area contributed by atoms with E-state index in [1.54, 1.807) is 0 Å². The van der Waals surface area contributed by atoms with Gasteiger partial charge in [-0.15, -0.1) is 4.99 Å². The largest absolute Gasteiger partial charge is 0.443 e. The van der Waals surface area contributed by atoms with E-state index in [4.69, 9.17) is 10.5 Å². The highest BCUT2D eigenvalue weighted by Gasteiger charge is 2.01. The summed E-state index contributed by atoms with van der Waals surface area (Å²) in [6.45, 7) is 4.05. The Hall–Kier alpha value is -2.04. The van der Waals surface area contributed by atoms with Gasteiger partial charge in [0.05, 0.1) is 0 Å². The van der Waals surface area contributed by atoms with Crippen LogP contribution in [0.15, 0.2) is 35.3 Å². The second-order valence-corrected chi connectivity index (χ2v) is 2.96. The fourth-order valence-electron chi connectivity index (χ4n) is 1.02. The van der Waals surface area contributed by atoms with Crippen molar-refractivity contribution in [3.05, 3.63) is 42.8 Å². The van der Waals surface area contributed by atoms with Crippen molar-refractivity contribution in [2.75, 3.05) is 6.54 Å². The minimum absolute atomic E-state index is 0.00746. The third-order valence-corrected chi connectivity index (χ3v) is 1.72. The molecule has 5 nitrogen and oxygen atoms in total. The van der Waals surface area contributed by atoms with Crippen molar-refractivity contribution >= 4 is 12.1 Å². The number of benzene rings is 1. The van der Waals surface area contributed by atoms with E-state index in [9.17, 15) is 4.79 Å². The van der Waals surface area contributed by atoms with Crippen LogP contribution in [0.3, 0.4) is 0 Å². The van der Waals surface area contributed by atoms with Crippen LogP contribution in [-0.4, -0.2) is 18.6 Å². The maximum Gasteiger partial charge on any atom is 0.437 e. The number of nitrogens with one attached hydrogen (secondary N) is 1. The maximum absolute atomic E-state index is 11.2. The van der Waals surface area contributed by atoms with Gasteiger partial charge in [-0.3, -0.25) is 0 Å². The van der Waals surface area contributed by atoms with Crippen molar-refractivity contribution in [1.82, 2.24) is 5.32 Å². The molecule has 85 valence electrons. The molecular weight excluding hydrogens is 206 g/mol. The van der Waals surface area contributed by atoms with Crippen LogP contribution < -0.4 is 11.1 Å². The molecule has 16 heavy (non-hydrogen) atoms. The molecule has 3 N–H and O–H groups in total. The van der Waals surface area contributed by atoms with Crippen molar-refractivity contribution in [2.24, 2.45) is 10.7 Å². The highest BCUT2D eigenvalue weighted by atomic mass is 16.5. The van der Waals surface area contributed by atoms with Crippen LogP contribution in [0.1, 0.15) is 5.56 Å². The monoisotopic (exact) mass is 220 g/mol. The molecule has 1 amide bonds. The lowest BCUT2D eigenvalue weighted by Crippen LogP contribution is -2.32. The first-order chi connectivity index (χ1) is 7.72. The minimum Gasteiger partial charge on any atom is -0.443 e. The Balaban J connectivity index is 2.39. The van der Waals surface area contributed by atoms with Gasteiger partial charge in [0.25, 0.3) is 0 Å². The van der Waals surface area contributed by atoms with Crippen LogP contribution >= 0.6 is 0 Å². The lowest BCUT2D eigenvalue weighted by Gasteiger charge is -2.03. The van der Waals surface area contributed by atoms with E-state index in [0.29, 0.717) is 6.54 Å².